The van der Waals surface area contributed by atoms with Crippen molar-refractivity contribution in [3.05, 3.63) is 54.4 Å². The van der Waals surface area contributed by atoms with Crippen LogP contribution in [0.3, 0.4) is 0 Å². The van der Waals surface area contributed by atoms with Crippen molar-refractivity contribution in [2.75, 3.05) is 5.32 Å². The third-order valence-corrected chi connectivity index (χ3v) is 3.27. The first kappa shape index (κ1) is 14.1. The van der Waals surface area contributed by atoms with Gasteiger partial charge in [0.1, 0.15) is 5.75 Å². The Morgan fingerprint density at radius 1 is 1.23 bits per heavy atom. The lowest BCUT2D eigenvalue weighted by atomic mass is 10.1. The number of ether oxygens (including phenoxy) is 1. The van der Waals surface area contributed by atoms with Crippen LogP contribution >= 0.6 is 0 Å². The number of pyridine rings is 1. The third kappa shape index (κ3) is 3.22. The SMILES string of the molecule is O=C(C[C@@H]1Oc2ccccc2NC1=O)NCc1ccccn1. The van der Waals surface area contributed by atoms with Gasteiger partial charge in [-0.25, -0.2) is 0 Å². The van der Waals surface area contributed by atoms with Gasteiger partial charge in [0.15, 0.2) is 6.10 Å². The molecule has 0 spiro atoms. The lowest BCUT2D eigenvalue weighted by Crippen LogP contribution is -2.40. The Morgan fingerprint density at radius 2 is 2.05 bits per heavy atom. The van der Waals surface area contributed by atoms with Crippen LogP contribution in [0, 0.1) is 0 Å². The second-order valence-electron chi connectivity index (χ2n) is 4.89. The molecule has 1 aliphatic rings. The first-order valence-electron chi connectivity index (χ1n) is 6.95. The van der Waals surface area contributed by atoms with E-state index in [0.29, 0.717) is 18.0 Å². The highest BCUT2D eigenvalue weighted by Crippen LogP contribution is 2.29. The highest BCUT2D eigenvalue weighted by Gasteiger charge is 2.29. The maximum atomic E-state index is 11.9. The fourth-order valence-corrected chi connectivity index (χ4v) is 2.16. The monoisotopic (exact) mass is 297 g/mol. The number of para-hydroxylation sites is 2. The molecule has 2 heterocycles. The first-order valence-corrected chi connectivity index (χ1v) is 6.95. The second kappa shape index (κ2) is 6.26. The van der Waals surface area contributed by atoms with Gasteiger partial charge in [-0.05, 0) is 24.3 Å². The summed E-state index contributed by atoms with van der Waals surface area (Å²) in [5.41, 5.74) is 1.38. The van der Waals surface area contributed by atoms with E-state index in [2.05, 4.69) is 15.6 Å². The molecule has 1 aliphatic heterocycles. The van der Waals surface area contributed by atoms with E-state index in [-0.39, 0.29) is 18.2 Å². The normalized spacial score (nSPS) is 16.2. The lowest BCUT2D eigenvalue weighted by molar-refractivity contribution is -0.130. The van der Waals surface area contributed by atoms with Crippen LogP contribution in [0.15, 0.2) is 48.7 Å². The molecule has 3 rings (SSSR count). The number of hydrogen-bond donors (Lipinski definition) is 2. The van der Waals surface area contributed by atoms with E-state index in [1.54, 1.807) is 18.3 Å². The molecule has 0 bridgehead atoms. The highest BCUT2D eigenvalue weighted by molar-refractivity contribution is 5.99. The number of hydrogen-bond acceptors (Lipinski definition) is 4. The zero-order valence-electron chi connectivity index (χ0n) is 11.8. The number of aromatic nitrogens is 1. The van der Waals surface area contributed by atoms with E-state index in [1.165, 1.54) is 0 Å². The third-order valence-electron chi connectivity index (χ3n) is 3.27. The van der Waals surface area contributed by atoms with Gasteiger partial charge < -0.3 is 15.4 Å². The summed E-state index contributed by atoms with van der Waals surface area (Å²) in [4.78, 5) is 28.0. The van der Waals surface area contributed by atoms with E-state index in [0.717, 1.165) is 5.69 Å². The van der Waals surface area contributed by atoms with E-state index in [1.807, 2.05) is 30.3 Å². The quantitative estimate of drug-likeness (QED) is 0.896. The molecule has 0 aliphatic carbocycles. The number of carbonyl (C=O) groups excluding carboxylic acids is 2. The summed E-state index contributed by atoms with van der Waals surface area (Å²) in [6.45, 7) is 0.324. The molecule has 1 atom stereocenters. The second-order valence-corrected chi connectivity index (χ2v) is 4.89. The van der Waals surface area contributed by atoms with Crippen LogP contribution in [0.25, 0.3) is 0 Å². The summed E-state index contributed by atoms with van der Waals surface area (Å²) < 4.78 is 5.58. The number of nitrogens with zero attached hydrogens (tertiary/aromatic N) is 1. The number of anilines is 1. The van der Waals surface area contributed by atoms with Gasteiger partial charge in [-0.15, -0.1) is 0 Å². The molecule has 112 valence electrons. The van der Waals surface area contributed by atoms with Crippen LogP contribution in [0.5, 0.6) is 5.75 Å². The molecule has 0 unspecified atom stereocenters. The maximum Gasteiger partial charge on any atom is 0.266 e. The fourth-order valence-electron chi connectivity index (χ4n) is 2.16. The zero-order valence-corrected chi connectivity index (χ0v) is 11.8. The van der Waals surface area contributed by atoms with E-state index >= 15 is 0 Å². The summed E-state index contributed by atoms with van der Waals surface area (Å²) in [6.07, 6.45) is 0.807. The summed E-state index contributed by atoms with van der Waals surface area (Å²) in [7, 11) is 0. The molecule has 2 aromatic rings. The minimum Gasteiger partial charge on any atom is -0.478 e. The summed E-state index contributed by atoms with van der Waals surface area (Å²) in [5.74, 6) is 0.00139. The number of benzene rings is 1. The number of amides is 2. The van der Waals surface area contributed by atoms with E-state index < -0.39 is 6.10 Å². The molecular weight excluding hydrogens is 282 g/mol. The molecule has 0 saturated carbocycles. The molecule has 1 aromatic carbocycles. The summed E-state index contributed by atoms with van der Waals surface area (Å²) in [5, 5.41) is 5.46. The molecule has 0 radical (unpaired) electrons. The maximum absolute atomic E-state index is 11.9. The molecule has 22 heavy (non-hydrogen) atoms. The van der Waals surface area contributed by atoms with Crippen LogP contribution in [0.4, 0.5) is 5.69 Å². The molecular formula is C16H15N3O3. The number of fused-ring (bicyclic) bond motifs is 1. The molecule has 1 aromatic heterocycles. The summed E-state index contributed by atoms with van der Waals surface area (Å²) in [6, 6.07) is 12.6. The van der Waals surface area contributed by atoms with Crippen molar-refractivity contribution in [3.63, 3.8) is 0 Å². The Bertz CT molecular complexity index is 688. The van der Waals surface area contributed by atoms with Crippen LogP contribution < -0.4 is 15.4 Å². The fraction of sp³-hybridized carbons (Fsp3) is 0.188. The minimum atomic E-state index is -0.821. The first-order chi connectivity index (χ1) is 10.7. The lowest BCUT2D eigenvalue weighted by Gasteiger charge is -2.25. The van der Waals surface area contributed by atoms with Crippen molar-refractivity contribution in [3.8, 4) is 5.75 Å². The molecule has 2 amide bonds. The van der Waals surface area contributed by atoms with Crippen molar-refractivity contribution in [2.45, 2.75) is 19.1 Å². The molecule has 6 heteroatoms. The Kier molecular flexibility index (Phi) is 4.00. The van der Waals surface area contributed by atoms with Crippen LogP contribution in [0.2, 0.25) is 0 Å². The van der Waals surface area contributed by atoms with Crippen LogP contribution in [-0.2, 0) is 16.1 Å². The van der Waals surface area contributed by atoms with Gasteiger partial charge in [0, 0.05) is 6.20 Å². The van der Waals surface area contributed by atoms with Crippen LogP contribution in [0.1, 0.15) is 12.1 Å². The molecule has 0 saturated heterocycles. The Hall–Kier alpha value is -2.89. The van der Waals surface area contributed by atoms with Crippen molar-refractivity contribution in [1.82, 2.24) is 10.3 Å². The van der Waals surface area contributed by atoms with Gasteiger partial charge in [-0.1, -0.05) is 18.2 Å². The standard InChI is InChI=1S/C16H15N3O3/c20-15(18-10-11-5-3-4-8-17-11)9-14-16(21)19-12-6-1-2-7-13(12)22-14/h1-8,14H,9-10H2,(H,18,20)(H,19,21)/t14-/m0/s1. The van der Waals surface area contributed by atoms with Gasteiger partial charge in [-0.2, -0.15) is 0 Å². The summed E-state index contributed by atoms with van der Waals surface area (Å²) >= 11 is 0. The van der Waals surface area contributed by atoms with Gasteiger partial charge in [0.05, 0.1) is 24.3 Å². The molecule has 2 N–H and O–H groups in total. The van der Waals surface area contributed by atoms with Gasteiger partial charge in [0.25, 0.3) is 5.91 Å². The Labute approximate surface area is 127 Å². The minimum absolute atomic E-state index is 0.0347. The zero-order chi connectivity index (χ0) is 15.4. The van der Waals surface area contributed by atoms with Gasteiger partial charge >= 0.3 is 0 Å². The van der Waals surface area contributed by atoms with Crippen molar-refractivity contribution in [1.29, 1.82) is 0 Å². The topological polar surface area (TPSA) is 80.3 Å². The van der Waals surface area contributed by atoms with E-state index in [4.69, 9.17) is 4.74 Å². The van der Waals surface area contributed by atoms with Gasteiger partial charge in [0.2, 0.25) is 5.91 Å². The highest BCUT2D eigenvalue weighted by atomic mass is 16.5. The number of carbonyl (C=O) groups is 2. The van der Waals surface area contributed by atoms with Gasteiger partial charge in [-0.3, -0.25) is 14.6 Å². The molecule has 6 nitrogen and oxygen atoms in total. The van der Waals surface area contributed by atoms with Crippen LogP contribution in [-0.4, -0.2) is 22.9 Å². The molecule has 0 fully saturated rings. The smallest absolute Gasteiger partial charge is 0.266 e. The average molecular weight is 297 g/mol. The van der Waals surface area contributed by atoms with Crippen molar-refractivity contribution in [2.24, 2.45) is 0 Å². The average Bonchev–Trinajstić information content (AvgIpc) is 2.55. The number of nitrogens with one attached hydrogen (secondary N) is 2. The Balaban J connectivity index is 1.57. The largest absolute Gasteiger partial charge is 0.478 e. The predicted octanol–water partition coefficient (Wildman–Crippen LogP) is 1.49. The predicted molar refractivity (Wildman–Crippen MR) is 80.2 cm³/mol. The number of rotatable bonds is 4. The van der Waals surface area contributed by atoms with E-state index in [9.17, 15) is 9.59 Å². The Morgan fingerprint density at radius 3 is 2.86 bits per heavy atom. The van der Waals surface area contributed by atoms with Crippen molar-refractivity contribution >= 4 is 17.5 Å². The van der Waals surface area contributed by atoms with Crippen molar-refractivity contribution < 1.29 is 14.3 Å².